The Hall–Kier alpha value is -3.45. The zero-order valence-electron chi connectivity index (χ0n) is 15.6. The van der Waals surface area contributed by atoms with E-state index in [0.717, 1.165) is 0 Å². The van der Waals surface area contributed by atoms with Crippen molar-refractivity contribution in [2.24, 2.45) is 0 Å². The molecule has 8 heteroatoms. The Bertz CT molecular complexity index is 1090. The molecule has 0 radical (unpaired) electrons. The number of hydrogen-bond donors (Lipinski definition) is 2. The van der Waals surface area contributed by atoms with E-state index < -0.39 is 17.4 Å². The number of H-pyrrole nitrogens is 1. The van der Waals surface area contributed by atoms with Gasteiger partial charge in [-0.25, -0.2) is 9.78 Å². The summed E-state index contributed by atoms with van der Waals surface area (Å²) in [6, 6.07) is 13.1. The summed E-state index contributed by atoms with van der Waals surface area (Å²) in [5, 5.41) is 3.16. The largest absolute Gasteiger partial charge is 0.462 e. The number of halogens is 1. The van der Waals surface area contributed by atoms with Gasteiger partial charge in [0, 0.05) is 22.5 Å². The fourth-order valence-corrected chi connectivity index (χ4v) is 2.64. The van der Waals surface area contributed by atoms with Gasteiger partial charge >= 0.3 is 5.97 Å². The first-order valence-electron chi connectivity index (χ1n) is 8.91. The Balaban J connectivity index is 1.76. The number of amides is 1. The highest BCUT2D eigenvalue weighted by atomic mass is 35.5. The molecule has 0 aliphatic carbocycles. The summed E-state index contributed by atoms with van der Waals surface area (Å²) in [5.74, 6) is -0.792. The first-order chi connectivity index (χ1) is 14.0. The monoisotopic (exact) mass is 411 g/mol. The van der Waals surface area contributed by atoms with E-state index >= 15 is 0 Å². The molecule has 3 rings (SSSR count). The summed E-state index contributed by atoms with van der Waals surface area (Å²) < 4.78 is 5.08. The molecule has 2 aromatic carbocycles. The van der Waals surface area contributed by atoms with Gasteiger partial charge in [0.1, 0.15) is 11.4 Å². The number of nitrogens with one attached hydrogen (secondary N) is 2. The van der Waals surface area contributed by atoms with Gasteiger partial charge in [0.2, 0.25) is 0 Å². The average molecular weight is 412 g/mol. The molecule has 29 heavy (non-hydrogen) atoms. The van der Waals surface area contributed by atoms with Gasteiger partial charge in [-0.1, -0.05) is 24.6 Å². The van der Waals surface area contributed by atoms with Gasteiger partial charge in [0.05, 0.1) is 12.2 Å². The molecule has 3 aromatic rings. The van der Waals surface area contributed by atoms with E-state index in [9.17, 15) is 14.4 Å². The van der Waals surface area contributed by atoms with E-state index in [1.807, 2.05) is 6.92 Å². The van der Waals surface area contributed by atoms with Gasteiger partial charge in [0.15, 0.2) is 0 Å². The lowest BCUT2D eigenvalue weighted by atomic mass is 10.2. The first-order valence-corrected chi connectivity index (χ1v) is 9.29. The molecule has 0 fully saturated rings. The van der Waals surface area contributed by atoms with E-state index in [1.54, 1.807) is 42.5 Å². The quantitative estimate of drug-likeness (QED) is 0.599. The highest BCUT2D eigenvalue weighted by Gasteiger charge is 2.14. The number of nitrogens with zero attached hydrogens (tertiary/aromatic N) is 1. The minimum atomic E-state index is -0.638. The van der Waals surface area contributed by atoms with Crippen LogP contribution in [0, 0.1) is 0 Å². The summed E-state index contributed by atoms with van der Waals surface area (Å²) in [6.45, 7) is 2.21. The van der Waals surface area contributed by atoms with E-state index in [-0.39, 0.29) is 5.56 Å². The molecular weight excluding hydrogens is 394 g/mol. The maximum atomic E-state index is 12.5. The summed E-state index contributed by atoms with van der Waals surface area (Å²) in [7, 11) is 0. The number of esters is 1. The summed E-state index contributed by atoms with van der Waals surface area (Å²) in [5.41, 5.74) is 0.600. The van der Waals surface area contributed by atoms with E-state index in [1.165, 1.54) is 12.3 Å². The Kier molecular flexibility index (Phi) is 6.41. The second kappa shape index (κ2) is 9.16. The van der Waals surface area contributed by atoms with Crippen molar-refractivity contribution in [2.75, 3.05) is 11.9 Å². The van der Waals surface area contributed by atoms with Gasteiger partial charge in [-0.2, -0.15) is 0 Å². The Morgan fingerprint density at radius 3 is 2.62 bits per heavy atom. The van der Waals surface area contributed by atoms with Crippen LogP contribution >= 0.6 is 11.6 Å². The molecule has 0 unspecified atom stereocenters. The number of hydrogen-bond acceptors (Lipinski definition) is 5. The van der Waals surface area contributed by atoms with Crippen molar-refractivity contribution >= 4 is 29.2 Å². The zero-order chi connectivity index (χ0) is 20.8. The normalized spacial score (nSPS) is 10.4. The Labute approximate surface area is 171 Å². The molecule has 0 spiro atoms. The number of benzene rings is 2. The van der Waals surface area contributed by atoms with Gasteiger partial charge < -0.3 is 15.0 Å². The van der Waals surface area contributed by atoms with Crippen molar-refractivity contribution in [3.8, 4) is 11.4 Å². The second-order valence-electron chi connectivity index (χ2n) is 6.15. The van der Waals surface area contributed by atoms with E-state index in [4.69, 9.17) is 16.3 Å². The second-order valence-corrected chi connectivity index (χ2v) is 6.59. The fourth-order valence-electron chi connectivity index (χ4n) is 2.51. The van der Waals surface area contributed by atoms with Crippen LogP contribution in [0.1, 0.15) is 34.1 Å². The molecule has 1 aromatic heterocycles. The molecule has 1 heterocycles. The molecule has 0 bridgehead atoms. The van der Waals surface area contributed by atoms with Crippen LogP contribution in [0.5, 0.6) is 0 Å². The lowest BCUT2D eigenvalue weighted by Gasteiger charge is -2.08. The molecule has 148 valence electrons. The number of aromatic amines is 1. The summed E-state index contributed by atoms with van der Waals surface area (Å²) in [4.78, 5) is 43.5. The van der Waals surface area contributed by atoms with Crippen molar-refractivity contribution in [1.82, 2.24) is 9.97 Å². The van der Waals surface area contributed by atoms with Crippen molar-refractivity contribution in [1.29, 1.82) is 0 Å². The van der Waals surface area contributed by atoms with Crippen LogP contribution < -0.4 is 10.9 Å². The molecule has 1 amide bonds. The van der Waals surface area contributed by atoms with Gasteiger partial charge in [-0.05, 0) is 48.9 Å². The average Bonchev–Trinajstić information content (AvgIpc) is 2.72. The number of ether oxygens (including phenoxy) is 1. The van der Waals surface area contributed by atoms with Crippen molar-refractivity contribution < 1.29 is 14.3 Å². The minimum Gasteiger partial charge on any atom is -0.462 e. The molecule has 0 saturated heterocycles. The van der Waals surface area contributed by atoms with Crippen LogP contribution in [0.3, 0.4) is 0 Å². The molecule has 2 N–H and O–H groups in total. The van der Waals surface area contributed by atoms with Crippen molar-refractivity contribution in [3.63, 3.8) is 0 Å². The highest BCUT2D eigenvalue weighted by molar-refractivity contribution is 6.30. The molecule has 0 atom stereocenters. The maximum Gasteiger partial charge on any atom is 0.338 e. The molecule has 7 nitrogen and oxygen atoms in total. The Morgan fingerprint density at radius 1 is 1.17 bits per heavy atom. The lowest BCUT2D eigenvalue weighted by Crippen LogP contribution is -2.24. The zero-order valence-corrected chi connectivity index (χ0v) is 16.3. The molecular formula is C21H18ClN3O4. The predicted octanol–water partition coefficient (Wildman–Crippen LogP) is 3.91. The highest BCUT2D eigenvalue weighted by Crippen LogP contribution is 2.17. The smallest absolute Gasteiger partial charge is 0.338 e. The fraction of sp³-hybridized carbons (Fsp3) is 0.143. The maximum absolute atomic E-state index is 12.5. The summed E-state index contributed by atoms with van der Waals surface area (Å²) >= 11 is 5.86. The summed E-state index contributed by atoms with van der Waals surface area (Å²) in [6.07, 6.45) is 1.92. The topological polar surface area (TPSA) is 101 Å². The van der Waals surface area contributed by atoms with Gasteiger partial charge in [0.25, 0.3) is 11.5 Å². The van der Waals surface area contributed by atoms with Crippen LogP contribution in [0.25, 0.3) is 11.4 Å². The van der Waals surface area contributed by atoms with Crippen LogP contribution in [-0.4, -0.2) is 28.5 Å². The van der Waals surface area contributed by atoms with Gasteiger partial charge in [-0.15, -0.1) is 0 Å². The van der Waals surface area contributed by atoms with E-state index in [0.29, 0.717) is 40.7 Å². The molecule has 0 aliphatic heterocycles. The molecule has 0 aliphatic rings. The molecule has 0 saturated carbocycles. The third-order valence-electron chi connectivity index (χ3n) is 3.96. The number of carbonyl (C=O) groups is 2. The number of anilines is 1. The minimum absolute atomic E-state index is 0.151. The van der Waals surface area contributed by atoms with Crippen LogP contribution in [0.2, 0.25) is 5.02 Å². The number of carbonyl (C=O) groups excluding carboxylic acids is 2. The van der Waals surface area contributed by atoms with Crippen LogP contribution in [-0.2, 0) is 4.74 Å². The van der Waals surface area contributed by atoms with Crippen molar-refractivity contribution in [3.05, 3.63) is 81.2 Å². The third-order valence-corrected chi connectivity index (χ3v) is 4.21. The van der Waals surface area contributed by atoms with Crippen LogP contribution in [0.4, 0.5) is 5.69 Å². The Morgan fingerprint density at radius 2 is 1.93 bits per heavy atom. The van der Waals surface area contributed by atoms with Crippen molar-refractivity contribution in [2.45, 2.75) is 13.3 Å². The van der Waals surface area contributed by atoms with Gasteiger partial charge in [-0.3, -0.25) is 9.59 Å². The first kappa shape index (κ1) is 20.3. The standard InChI is InChI=1S/C21H18ClN3O4/c1-2-10-29-21(28)14-4-3-5-16(11-14)24-19(26)17-12-23-18(25-20(17)27)13-6-8-15(22)9-7-13/h3-9,11-12H,2,10H2,1H3,(H,24,26)(H,23,25,27). The predicted molar refractivity (Wildman–Crippen MR) is 110 cm³/mol. The number of aromatic nitrogens is 2. The number of rotatable bonds is 6. The third kappa shape index (κ3) is 5.08. The lowest BCUT2D eigenvalue weighted by molar-refractivity contribution is 0.0505. The SMILES string of the molecule is CCCOC(=O)c1cccc(NC(=O)c2cnc(-c3ccc(Cl)cc3)[nH]c2=O)c1. The van der Waals surface area contributed by atoms with Crippen LogP contribution in [0.15, 0.2) is 59.5 Å². The van der Waals surface area contributed by atoms with E-state index in [2.05, 4.69) is 15.3 Å².